The lowest BCUT2D eigenvalue weighted by Crippen LogP contribution is -2.47. The van der Waals surface area contributed by atoms with Gasteiger partial charge >= 0.3 is 0 Å². The van der Waals surface area contributed by atoms with Crippen molar-refractivity contribution in [3.05, 3.63) is 35.4 Å². The van der Waals surface area contributed by atoms with Crippen molar-refractivity contribution in [3.63, 3.8) is 0 Å². The van der Waals surface area contributed by atoms with Crippen LogP contribution in [0, 0.1) is 17.2 Å². The van der Waals surface area contributed by atoms with Crippen LogP contribution in [0.1, 0.15) is 30.0 Å². The summed E-state index contributed by atoms with van der Waals surface area (Å²) in [6.45, 7) is 6.00. The Balaban J connectivity index is 0.00000132. The lowest BCUT2D eigenvalue weighted by atomic mass is 9.85. The molecule has 4 nitrogen and oxygen atoms in total. The van der Waals surface area contributed by atoms with Gasteiger partial charge in [0, 0.05) is 45.4 Å². The molecule has 2 aliphatic rings. The third kappa shape index (κ3) is 5.07. The van der Waals surface area contributed by atoms with Crippen molar-refractivity contribution >= 4 is 24.8 Å². The molecule has 0 radical (unpaired) electrons. The zero-order valence-corrected chi connectivity index (χ0v) is 14.9. The van der Waals surface area contributed by atoms with Gasteiger partial charge in [0.25, 0.3) is 0 Å². The molecule has 1 aromatic rings. The van der Waals surface area contributed by atoms with Crippen LogP contribution in [0.3, 0.4) is 0 Å². The second-order valence-electron chi connectivity index (χ2n) is 5.92. The van der Waals surface area contributed by atoms with Crippen LogP contribution in [0.5, 0.6) is 0 Å². The first-order chi connectivity index (χ1) is 10.4. The summed E-state index contributed by atoms with van der Waals surface area (Å²) in [5, 5.41) is 12.6. The normalized spacial score (nSPS) is 20.7. The van der Waals surface area contributed by atoms with Crippen LogP contribution in [-0.4, -0.2) is 44.3 Å². The number of halogens is 2. The highest BCUT2D eigenvalue weighted by molar-refractivity contribution is 5.85. The van der Waals surface area contributed by atoms with E-state index in [0.717, 1.165) is 57.8 Å². The molecule has 23 heavy (non-hydrogen) atoms. The Kier molecular flexibility index (Phi) is 8.90. The summed E-state index contributed by atoms with van der Waals surface area (Å²) in [6.07, 6.45) is 2.23. The van der Waals surface area contributed by atoms with Crippen molar-refractivity contribution < 1.29 is 4.74 Å². The summed E-state index contributed by atoms with van der Waals surface area (Å²) >= 11 is 0. The second kappa shape index (κ2) is 10.1. The summed E-state index contributed by atoms with van der Waals surface area (Å²) in [5.74, 6) is 0.630. The highest BCUT2D eigenvalue weighted by Crippen LogP contribution is 2.35. The average Bonchev–Trinajstić information content (AvgIpc) is 2.57. The van der Waals surface area contributed by atoms with Crippen LogP contribution in [-0.2, 0) is 4.74 Å². The summed E-state index contributed by atoms with van der Waals surface area (Å²) in [5.41, 5.74) is 2.06. The third-order valence-electron chi connectivity index (χ3n) is 4.61. The molecule has 2 aliphatic heterocycles. The van der Waals surface area contributed by atoms with E-state index >= 15 is 0 Å². The SMILES string of the molecule is Cl.Cl.N#Cc1cccc([C@H](C2CCOCC2)N2CCNCC2)c1. The molecule has 128 valence electrons. The minimum absolute atomic E-state index is 0. The summed E-state index contributed by atoms with van der Waals surface area (Å²) in [7, 11) is 0. The smallest absolute Gasteiger partial charge is 0.0991 e. The van der Waals surface area contributed by atoms with Gasteiger partial charge in [-0.05, 0) is 36.5 Å². The van der Waals surface area contributed by atoms with Crippen LogP contribution in [0.15, 0.2) is 24.3 Å². The van der Waals surface area contributed by atoms with Crippen LogP contribution >= 0.6 is 24.8 Å². The fraction of sp³-hybridized carbons (Fsp3) is 0.588. The summed E-state index contributed by atoms with van der Waals surface area (Å²) in [4.78, 5) is 2.59. The number of nitrogens with one attached hydrogen (secondary N) is 1. The lowest BCUT2D eigenvalue weighted by Gasteiger charge is -2.41. The van der Waals surface area contributed by atoms with Gasteiger partial charge in [0.1, 0.15) is 0 Å². The first-order valence-electron chi connectivity index (χ1n) is 7.91. The first kappa shape index (κ1) is 20.2. The molecule has 1 atom stereocenters. The molecular formula is C17H25Cl2N3O. The molecule has 1 aromatic carbocycles. The van der Waals surface area contributed by atoms with Gasteiger partial charge in [0.2, 0.25) is 0 Å². The predicted octanol–water partition coefficient (Wildman–Crippen LogP) is 2.77. The number of piperazine rings is 1. The number of hydrogen-bond donors (Lipinski definition) is 1. The molecule has 3 rings (SSSR count). The summed E-state index contributed by atoms with van der Waals surface area (Å²) < 4.78 is 5.53. The van der Waals surface area contributed by atoms with Crippen LogP contribution < -0.4 is 5.32 Å². The van der Waals surface area contributed by atoms with Gasteiger partial charge < -0.3 is 10.1 Å². The van der Waals surface area contributed by atoms with Gasteiger partial charge in [0.05, 0.1) is 11.6 Å². The van der Waals surface area contributed by atoms with Crippen molar-refractivity contribution in [2.75, 3.05) is 39.4 Å². The van der Waals surface area contributed by atoms with Crippen molar-refractivity contribution in [2.45, 2.75) is 18.9 Å². The lowest BCUT2D eigenvalue weighted by molar-refractivity contribution is 0.0213. The molecule has 0 amide bonds. The molecule has 6 heteroatoms. The van der Waals surface area contributed by atoms with Crippen molar-refractivity contribution in [2.24, 2.45) is 5.92 Å². The fourth-order valence-electron chi connectivity index (χ4n) is 3.57. The number of hydrogen-bond acceptors (Lipinski definition) is 4. The van der Waals surface area contributed by atoms with Crippen LogP contribution in [0.2, 0.25) is 0 Å². The van der Waals surface area contributed by atoms with E-state index in [0.29, 0.717) is 12.0 Å². The highest BCUT2D eigenvalue weighted by atomic mass is 35.5. The van der Waals surface area contributed by atoms with Gasteiger partial charge in [-0.1, -0.05) is 12.1 Å². The predicted molar refractivity (Wildman–Crippen MR) is 96.4 cm³/mol. The van der Waals surface area contributed by atoms with Crippen molar-refractivity contribution in [3.8, 4) is 6.07 Å². The zero-order chi connectivity index (χ0) is 14.5. The molecule has 1 N–H and O–H groups in total. The Labute approximate surface area is 151 Å². The molecule has 2 saturated heterocycles. The van der Waals surface area contributed by atoms with E-state index < -0.39 is 0 Å². The molecule has 2 heterocycles. The van der Waals surface area contributed by atoms with Gasteiger partial charge in [-0.25, -0.2) is 0 Å². The average molecular weight is 358 g/mol. The van der Waals surface area contributed by atoms with E-state index in [1.165, 1.54) is 5.56 Å². The highest BCUT2D eigenvalue weighted by Gasteiger charge is 2.31. The minimum Gasteiger partial charge on any atom is -0.381 e. The molecule has 0 unspecified atom stereocenters. The van der Waals surface area contributed by atoms with E-state index in [4.69, 9.17) is 4.74 Å². The van der Waals surface area contributed by atoms with Crippen molar-refractivity contribution in [1.82, 2.24) is 10.2 Å². The molecule has 0 saturated carbocycles. The largest absolute Gasteiger partial charge is 0.381 e. The molecule has 0 aliphatic carbocycles. The fourth-order valence-corrected chi connectivity index (χ4v) is 3.57. The number of rotatable bonds is 3. The standard InChI is InChI=1S/C17H23N3O.2ClH/c18-13-14-2-1-3-16(12-14)17(15-4-10-21-11-5-15)20-8-6-19-7-9-20;;/h1-3,12,15,17,19H,4-11H2;2*1H/t17-;;/m0../s1. The summed E-state index contributed by atoms with van der Waals surface area (Å²) in [6, 6.07) is 10.9. The first-order valence-corrected chi connectivity index (χ1v) is 7.91. The van der Waals surface area contributed by atoms with Gasteiger partial charge in [-0.2, -0.15) is 5.26 Å². The van der Waals surface area contributed by atoms with E-state index in [9.17, 15) is 5.26 Å². The van der Waals surface area contributed by atoms with Crippen molar-refractivity contribution in [1.29, 1.82) is 5.26 Å². The Morgan fingerprint density at radius 3 is 2.52 bits per heavy atom. The van der Waals surface area contributed by atoms with Gasteiger partial charge in [-0.3, -0.25) is 4.90 Å². The topological polar surface area (TPSA) is 48.3 Å². The maximum atomic E-state index is 9.17. The molecule has 0 aromatic heterocycles. The third-order valence-corrected chi connectivity index (χ3v) is 4.61. The number of ether oxygens (including phenoxy) is 1. The van der Waals surface area contributed by atoms with E-state index in [-0.39, 0.29) is 24.8 Å². The Morgan fingerprint density at radius 2 is 1.87 bits per heavy atom. The molecule has 2 fully saturated rings. The van der Waals surface area contributed by atoms with E-state index in [1.54, 1.807) is 0 Å². The molecule has 0 spiro atoms. The Morgan fingerprint density at radius 1 is 1.17 bits per heavy atom. The molecular weight excluding hydrogens is 333 g/mol. The second-order valence-corrected chi connectivity index (χ2v) is 5.92. The monoisotopic (exact) mass is 357 g/mol. The van der Waals surface area contributed by atoms with E-state index in [2.05, 4.69) is 28.4 Å². The van der Waals surface area contributed by atoms with Gasteiger partial charge in [0.15, 0.2) is 0 Å². The molecule has 0 bridgehead atoms. The minimum atomic E-state index is 0. The number of nitriles is 1. The Bertz CT molecular complexity index is 491. The van der Waals surface area contributed by atoms with Crippen LogP contribution in [0.4, 0.5) is 0 Å². The number of nitrogens with zero attached hydrogens (tertiary/aromatic N) is 2. The number of benzene rings is 1. The maximum Gasteiger partial charge on any atom is 0.0991 e. The Hall–Kier alpha value is -0.830. The maximum absolute atomic E-state index is 9.17. The quantitative estimate of drug-likeness (QED) is 0.903. The van der Waals surface area contributed by atoms with E-state index in [1.807, 2.05) is 12.1 Å². The van der Waals surface area contributed by atoms with Gasteiger partial charge in [-0.15, -0.1) is 24.8 Å². The zero-order valence-electron chi connectivity index (χ0n) is 13.2. The van der Waals surface area contributed by atoms with Crippen LogP contribution in [0.25, 0.3) is 0 Å².